The van der Waals surface area contributed by atoms with Crippen molar-refractivity contribution in [2.24, 2.45) is 0 Å². The van der Waals surface area contributed by atoms with E-state index in [1.807, 2.05) is 70.4 Å². The molecule has 10 heteroatoms. The third kappa shape index (κ3) is 6.11. The lowest BCUT2D eigenvalue weighted by molar-refractivity contribution is -0.143. The first-order chi connectivity index (χ1) is 19.1. The van der Waals surface area contributed by atoms with Crippen LogP contribution < -0.4 is 9.46 Å². The summed E-state index contributed by atoms with van der Waals surface area (Å²) in [4.78, 5) is 31.4. The van der Waals surface area contributed by atoms with E-state index >= 15 is 0 Å². The van der Waals surface area contributed by atoms with Gasteiger partial charge in [-0.05, 0) is 78.4 Å². The molecule has 0 saturated carbocycles. The summed E-state index contributed by atoms with van der Waals surface area (Å²) >= 11 is 1.45. The topological polar surface area (TPSA) is 112 Å². The van der Waals surface area contributed by atoms with Gasteiger partial charge in [0.25, 0.3) is 0 Å². The number of hydrogen-bond acceptors (Lipinski definition) is 7. The molecule has 1 aliphatic heterocycles. The Balaban J connectivity index is 1.29. The zero-order chi connectivity index (χ0) is 27.2. The molecule has 0 radical (unpaired) electrons. The van der Waals surface area contributed by atoms with Gasteiger partial charge in [0.1, 0.15) is 17.5 Å². The van der Waals surface area contributed by atoms with Crippen LogP contribution in [0.4, 0.5) is 0 Å². The Hall–Kier alpha value is -4.20. The number of carbonyl (C=O) groups is 2. The van der Waals surface area contributed by atoms with Crippen LogP contribution in [0.3, 0.4) is 0 Å². The standard InChI is InChI=1S/C29H29N5O4S/c1-37-28(35)19-38-23-8-7-21-18-34(14-10-20(21)16-23)29(36)26(11-15-33-13-3-4-22(33)17-30)32-39-27-6-2-5-25-24(27)9-12-31-25/h2-9,12-13,16,26,31-32H,10-11,14-15,18-19H2,1H3. The van der Waals surface area contributed by atoms with Gasteiger partial charge < -0.3 is 23.9 Å². The van der Waals surface area contributed by atoms with Gasteiger partial charge in [0, 0.05) is 47.8 Å². The van der Waals surface area contributed by atoms with Crippen molar-refractivity contribution in [1.29, 1.82) is 5.26 Å². The third-order valence-electron chi connectivity index (χ3n) is 6.85. The van der Waals surface area contributed by atoms with Crippen molar-refractivity contribution < 1.29 is 19.1 Å². The van der Waals surface area contributed by atoms with Gasteiger partial charge in [-0.25, -0.2) is 9.52 Å². The Labute approximate surface area is 230 Å². The third-order valence-corrected chi connectivity index (χ3v) is 7.83. The molecule has 200 valence electrons. The van der Waals surface area contributed by atoms with E-state index in [4.69, 9.17) is 4.74 Å². The van der Waals surface area contributed by atoms with Crippen LogP contribution in [-0.2, 0) is 33.8 Å². The van der Waals surface area contributed by atoms with Crippen molar-refractivity contribution in [3.63, 3.8) is 0 Å². The summed E-state index contributed by atoms with van der Waals surface area (Å²) in [7, 11) is 1.33. The van der Waals surface area contributed by atoms with E-state index < -0.39 is 12.0 Å². The van der Waals surface area contributed by atoms with Crippen LogP contribution in [0.15, 0.2) is 71.9 Å². The maximum absolute atomic E-state index is 13.8. The van der Waals surface area contributed by atoms with Crippen LogP contribution >= 0.6 is 11.9 Å². The molecule has 3 heterocycles. The lowest BCUT2D eigenvalue weighted by Crippen LogP contribution is -2.46. The van der Waals surface area contributed by atoms with Gasteiger partial charge >= 0.3 is 5.97 Å². The average Bonchev–Trinajstić information content (AvgIpc) is 3.65. The number of ether oxygens (including phenoxy) is 2. The summed E-state index contributed by atoms with van der Waals surface area (Å²) in [6.45, 7) is 1.47. The van der Waals surface area contributed by atoms with Crippen LogP contribution in [0, 0.1) is 11.3 Å². The highest BCUT2D eigenvalue weighted by Crippen LogP contribution is 2.28. The van der Waals surface area contributed by atoms with Crippen LogP contribution in [0.25, 0.3) is 10.9 Å². The van der Waals surface area contributed by atoms with E-state index in [-0.39, 0.29) is 12.5 Å². The Kier molecular flexibility index (Phi) is 8.20. The number of benzene rings is 2. The maximum Gasteiger partial charge on any atom is 0.343 e. The van der Waals surface area contributed by atoms with Crippen LogP contribution in [0.5, 0.6) is 5.75 Å². The van der Waals surface area contributed by atoms with Crippen molar-refractivity contribution in [3.8, 4) is 11.8 Å². The molecule has 1 unspecified atom stereocenters. The second kappa shape index (κ2) is 12.1. The second-order valence-electron chi connectivity index (χ2n) is 9.26. The fourth-order valence-electron chi connectivity index (χ4n) is 4.72. The quantitative estimate of drug-likeness (QED) is 0.229. The number of nitrogens with one attached hydrogen (secondary N) is 2. The van der Waals surface area contributed by atoms with E-state index in [0.717, 1.165) is 26.9 Å². The fourth-order valence-corrected chi connectivity index (χ4v) is 5.64. The highest BCUT2D eigenvalue weighted by molar-refractivity contribution is 7.97. The predicted octanol–water partition coefficient (Wildman–Crippen LogP) is 4.03. The van der Waals surface area contributed by atoms with E-state index in [2.05, 4.69) is 20.5 Å². The van der Waals surface area contributed by atoms with Gasteiger partial charge in [-0.3, -0.25) is 4.79 Å². The summed E-state index contributed by atoms with van der Waals surface area (Å²) in [6.07, 6.45) is 4.99. The number of esters is 1. The molecule has 0 bridgehead atoms. The molecule has 0 aliphatic carbocycles. The van der Waals surface area contributed by atoms with Crippen molar-refractivity contribution in [1.82, 2.24) is 19.2 Å². The normalized spacial score (nSPS) is 13.5. The first-order valence-corrected chi connectivity index (χ1v) is 13.5. The Bertz CT molecular complexity index is 1520. The van der Waals surface area contributed by atoms with Gasteiger partial charge in [0.05, 0.1) is 13.2 Å². The Morgan fingerprint density at radius 1 is 1.18 bits per heavy atom. The van der Waals surface area contributed by atoms with Gasteiger partial charge in [-0.15, -0.1) is 0 Å². The second-order valence-corrected chi connectivity index (χ2v) is 10.1. The molecule has 4 aromatic rings. The largest absolute Gasteiger partial charge is 0.482 e. The van der Waals surface area contributed by atoms with Gasteiger partial charge in [0.2, 0.25) is 5.91 Å². The lowest BCUT2D eigenvalue weighted by Gasteiger charge is -2.32. The first-order valence-electron chi connectivity index (χ1n) is 12.7. The fraction of sp³-hybridized carbons (Fsp3) is 0.276. The molecule has 39 heavy (non-hydrogen) atoms. The maximum atomic E-state index is 13.8. The molecule has 2 aromatic carbocycles. The van der Waals surface area contributed by atoms with E-state index in [9.17, 15) is 14.9 Å². The van der Waals surface area contributed by atoms with E-state index in [1.165, 1.54) is 19.1 Å². The molecule has 9 nitrogen and oxygen atoms in total. The lowest BCUT2D eigenvalue weighted by atomic mass is 9.98. The predicted molar refractivity (Wildman–Crippen MR) is 148 cm³/mol. The van der Waals surface area contributed by atoms with E-state index in [1.54, 1.807) is 6.07 Å². The smallest absolute Gasteiger partial charge is 0.343 e. The van der Waals surface area contributed by atoms with Crippen molar-refractivity contribution in [2.45, 2.75) is 36.9 Å². The summed E-state index contributed by atoms with van der Waals surface area (Å²) in [5.41, 5.74) is 3.77. The van der Waals surface area contributed by atoms with Crippen LogP contribution in [-0.4, -0.2) is 52.6 Å². The monoisotopic (exact) mass is 543 g/mol. The van der Waals surface area contributed by atoms with Gasteiger partial charge in [0.15, 0.2) is 6.61 Å². The molecule has 0 spiro atoms. The number of nitrogens with zero attached hydrogens (tertiary/aromatic N) is 3. The molecule has 1 aliphatic rings. The number of hydrogen-bond donors (Lipinski definition) is 2. The average molecular weight is 544 g/mol. The number of aromatic amines is 1. The molecular weight excluding hydrogens is 514 g/mol. The molecule has 5 rings (SSSR count). The summed E-state index contributed by atoms with van der Waals surface area (Å²) in [5, 5.41) is 10.5. The SMILES string of the molecule is COC(=O)COc1ccc2c(c1)CCN(C(=O)C(CCn1cccc1C#N)NSc1cccc3[nH]ccc13)C2. The number of methoxy groups -OCH3 is 1. The highest BCUT2D eigenvalue weighted by Gasteiger charge is 2.28. The number of rotatable bonds is 10. The molecule has 0 saturated heterocycles. The number of H-pyrrole nitrogens is 1. The van der Waals surface area contributed by atoms with Gasteiger partial charge in [-0.2, -0.15) is 5.26 Å². The molecule has 1 atom stereocenters. The Morgan fingerprint density at radius 2 is 2.08 bits per heavy atom. The first kappa shape index (κ1) is 26.4. The Morgan fingerprint density at radius 3 is 2.92 bits per heavy atom. The van der Waals surface area contributed by atoms with Crippen molar-refractivity contribution in [3.05, 3.63) is 83.8 Å². The molecule has 2 aromatic heterocycles. The summed E-state index contributed by atoms with van der Waals surface area (Å²) in [6, 6.07) is 19.1. The minimum absolute atomic E-state index is 0.0195. The van der Waals surface area contributed by atoms with Crippen LogP contribution in [0.1, 0.15) is 23.2 Å². The summed E-state index contributed by atoms with van der Waals surface area (Å²) < 4.78 is 15.5. The molecule has 1 amide bonds. The highest BCUT2D eigenvalue weighted by atomic mass is 32.2. The van der Waals surface area contributed by atoms with Crippen LogP contribution in [0.2, 0.25) is 0 Å². The number of nitriles is 1. The molecule has 0 fully saturated rings. The molecular formula is C29H29N5O4S. The number of carbonyl (C=O) groups excluding carboxylic acids is 2. The number of aromatic nitrogens is 2. The number of amides is 1. The zero-order valence-corrected chi connectivity index (χ0v) is 22.4. The summed E-state index contributed by atoms with van der Waals surface area (Å²) in [5.74, 6) is 0.190. The van der Waals surface area contributed by atoms with Crippen molar-refractivity contribution in [2.75, 3.05) is 20.3 Å². The minimum atomic E-state index is -0.456. The zero-order valence-electron chi connectivity index (χ0n) is 21.6. The number of aryl methyl sites for hydroxylation is 1. The number of fused-ring (bicyclic) bond motifs is 2. The minimum Gasteiger partial charge on any atom is -0.482 e. The van der Waals surface area contributed by atoms with Gasteiger partial charge in [-0.1, -0.05) is 12.1 Å². The van der Waals surface area contributed by atoms with Crippen molar-refractivity contribution >= 4 is 34.7 Å². The molecule has 2 N–H and O–H groups in total. The van der Waals surface area contributed by atoms with E-state index in [0.29, 0.717) is 43.9 Å².